The fraction of sp³-hybridized carbons (Fsp3) is 0.520. The molecule has 0 radical (unpaired) electrons. The molecule has 3 heterocycles. The Bertz CT molecular complexity index is 922. The van der Waals surface area contributed by atoms with Crippen molar-refractivity contribution in [3.05, 3.63) is 47.5 Å². The largest absolute Gasteiger partial charge is 0.476 e. The molecule has 1 aromatic carbocycles. The highest BCUT2D eigenvalue weighted by Crippen LogP contribution is 2.25. The van der Waals surface area contributed by atoms with Gasteiger partial charge in [-0.3, -0.25) is 10.3 Å². The molecule has 33 heavy (non-hydrogen) atoms. The van der Waals surface area contributed by atoms with E-state index in [4.69, 9.17) is 14.2 Å². The van der Waals surface area contributed by atoms with Gasteiger partial charge >= 0.3 is 0 Å². The molecule has 8 nitrogen and oxygen atoms in total. The molecule has 0 spiro atoms. The van der Waals surface area contributed by atoms with E-state index >= 15 is 0 Å². The second kappa shape index (κ2) is 11.4. The van der Waals surface area contributed by atoms with Crippen LogP contribution in [0.1, 0.15) is 25.0 Å². The predicted molar refractivity (Wildman–Crippen MR) is 132 cm³/mol. The number of hydrazone groups is 1. The van der Waals surface area contributed by atoms with E-state index in [9.17, 15) is 0 Å². The normalized spacial score (nSPS) is 22.0. The van der Waals surface area contributed by atoms with Gasteiger partial charge in [0.05, 0.1) is 31.6 Å². The highest BCUT2D eigenvalue weighted by Gasteiger charge is 2.22. The van der Waals surface area contributed by atoms with Crippen LogP contribution in [0.25, 0.3) is 0 Å². The lowest BCUT2D eigenvalue weighted by molar-refractivity contribution is -0.0700. The van der Waals surface area contributed by atoms with Crippen LogP contribution < -0.4 is 15.1 Å². The van der Waals surface area contributed by atoms with Crippen molar-refractivity contribution in [3.8, 4) is 5.88 Å². The van der Waals surface area contributed by atoms with Crippen LogP contribution >= 0.6 is 0 Å². The summed E-state index contributed by atoms with van der Waals surface area (Å²) < 4.78 is 17.4. The molecule has 0 bridgehead atoms. The van der Waals surface area contributed by atoms with Crippen LogP contribution in [0.2, 0.25) is 0 Å². The van der Waals surface area contributed by atoms with Crippen molar-refractivity contribution >= 4 is 17.7 Å². The zero-order chi connectivity index (χ0) is 23.0. The summed E-state index contributed by atoms with van der Waals surface area (Å²) in [5.41, 5.74) is 6.38. The smallest absolute Gasteiger partial charge is 0.217 e. The summed E-state index contributed by atoms with van der Waals surface area (Å²) in [6, 6.07) is 12.2. The molecule has 2 atom stereocenters. The number of morpholine rings is 2. The SMILES string of the molecule is Cc1cccc(/C=N/Nc2cc(N3CCOCC3)cc(OCCN3CC(C)OC(C)C3)n2)c1. The van der Waals surface area contributed by atoms with Crippen LogP contribution in [-0.4, -0.2) is 80.9 Å². The minimum absolute atomic E-state index is 0.249. The zero-order valence-corrected chi connectivity index (χ0v) is 19.9. The Morgan fingerprint density at radius 3 is 2.70 bits per heavy atom. The van der Waals surface area contributed by atoms with E-state index in [1.165, 1.54) is 5.56 Å². The molecular formula is C25H35N5O3. The van der Waals surface area contributed by atoms with Crippen LogP contribution in [0.3, 0.4) is 0 Å². The van der Waals surface area contributed by atoms with Gasteiger partial charge in [0.15, 0.2) is 5.82 Å². The van der Waals surface area contributed by atoms with Gasteiger partial charge in [0.1, 0.15) is 6.61 Å². The highest BCUT2D eigenvalue weighted by atomic mass is 16.5. The summed E-state index contributed by atoms with van der Waals surface area (Å²) >= 11 is 0. The van der Waals surface area contributed by atoms with Crippen molar-refractivity contribution in [2.45, 2.75) is 33.0 Å². The number of ether oxygens (including phenoxy) is 3. The van der Waals surface area contributed by atoms with Crippen molar-refractivity contribution in [1.82, 2.24) is 9.88 Å². The van der Waals surface area contributed by atoms with Crippen molar-refractivity contribution in [1.29, 1.82) is 0 Å². The van der Waals surface area contributed by atoms with E-state index in [2.05, 4.69) is 58.2 Å². The minimum Gasteiger partial charge on any atom is -0.476 e. The summed E-state index contributed by atoms with van der Waals surface area (Å²) in [5, 5.41) is 4.39. The third-order valence-electron chi connectivity index (χ3n) is 5.75. The number of pyridine rings is 1. The second-order valence-electron chi connectivity index (χ2n) is 8.80. The van der Waals surface area contributed by atoms with Gasteiger partial charge < -0.3 is 19.1 Å². The number of anilines is 2. The Morgan fingerprint density at radius 1 is 1.15 bits per heavy atom. The van der Waals surface area contributed by atoms with Crippen LogP contribution in [0.5, 0.6) is 5.88 Å². The molecule has 2 aliphatic rings. The van der Waals surface area contributed by atoms with Crippen molar-refractivity contribution in [3.63, 3.8) is 0 Å². The number of aryl methyl sites for hydroxylation is 1. The van der Waals surface area contributed by atoms with E-state index in [1.807, 2.05) is 24.3 Å². The Morgan fingerprint density at radius 2 is 1.94 bits per heavy atom. The number of nitrogens with zero attached hydrogens (tertiary/aromatic N) is 4. The fourth-order valence-corrected chi connectivity index (χ4v) is 4.30. The summed E-state index contributed by atoms with van der Waals surface area (Å²) in [4.78, 5) is 9.32. The monoisotopic (exact) mass is 453 g/mol. The van der Waals surface area contributed by atoms with Gasteiger partial charge in [-0.25, -0.2) is 0 Å². The van der Waals surface area contributed by atoms with Gasteiger partial charge in [-0.2, -0.15) is 10.1 Å². The number of rotatable bonds is 8. The molecule has 2 aromatic rings. The minimum atomic E-state index is 0.249. The average Bonchev–Trinajstić information content (AvgIpc) is 2.79. The standard InChI is InChI=1S/C25H35N5O3/c1-19-5-4-6-22(13-19)16-26-28-24-14-23(30-8-10-31-11-9-30)15-25(27-24)32-12-7-29-17-20(2)33-21(3)18-29/h4-6,13-16,20-21H,7-12,17-18H2,1-3H3,(H,27,28)/b26-16+. The molecule has 0 aliphatic carbocycles. The Hall–Kier alpha value is -2.68. The fourth-order valence-electron chi connectivity index (χ4n) is 4.30. The van der Waals surface area contributed by atoms with Gasteiger partial charge in [-0.1, -0.05) is 29.8 Å². The lowest BCUT2D eigenvalue weighted by Crippen LogP contribution is -2.46. The van der Waals surface area contributed by atoms with Gasteiger partial charge in [0.2, 0.25) is 5.88 Å². The third kappa shape index (κ3) is 7.15. The Labute approximate surface area is 196 Å². The third-order valence-corrected chi connectivity index (χ3v) is 5.75. The first-order chi connectivity index (χ1) is 16.0. The summed E-state index contributed by atoms with van der Waals surface area (Å²) in [7, 11) is 0. The maximum atomic E-state index is 6.09. The lowest BCUT2D eigenvalue weighted by atomic mass is 10.2. The maximum Gasteiger partial charge on any atom is 0.217 e. The number of benzene rings is 1. The quantitative estimate of drug-likeness (QED) is 0.486. The average molecular weight is 454 g/mol. The van der Waals surface area contributed by atoms with E-state index in [-0.39, 0.29) is 12.2 Å². The van der Waals surface area contributed by atoms with Gasteiger partial charge in [-0.15, -0.1) is 0 Å². The molecule has 0 amide bonds. The van der Waals surface area contributed by atoms with Crippen LogP contribution in [0, 0.1) is 6.92 Å². The summed E-state index contributed by atoms with van der Waals surface area (Å²) in [6.07, 6.45) is 2.30. The Balaban J connectivity index is 1.42. The molecule has 2 fully saturated rings. The molecular weight excluding hydrogens is 418 g/mol. The molecule has 1 aromatic heterocycles. The van der Waals surface area contributed by atoms with E-state index in [0.717, 1.165) is 57.2 Å². The molecule has 2 saturated heterocycles. The van der Waals surface area contributed by atoms with E-state index < -0.39 is 0 Å². The molecule has 8 heteroatoms. The summed E-state index contributed by atoms with van der Waals surface area (Å²) in [5.74, 6) is 1.26. The number of hydrogen-bond acceptors (Lipinski definition) is 8. The topological polar surface area (TPSA) is 71.5 Å². The lowest BCUT2D eigenvalue weighted by Gasteiger charge is -2.35. The number of aromatic nitrogens is 1. The molecule has 0 saturated carbocycles. The van der Waals surface area contributed by atoms with Crippen LogP contribution in [-0.2, 0) is 9.47 Å². The van der Waals surface area contributed by atoms with Crippen molar-refractivity contribution < 1.29 is 14.2 Å². The molecule has 1 N–H and O–H groups in total. The van der Waals surface area contributed by atoms with E-state index in [0.29, 0.717) is 18.3 Å². The first kappa shape index (κ1) is 23.5. The molecule has 2 aliphatic heterocycles. The Kier molecular flexibility index (Phi) is 8.15. The zero-order valence-electron chi connectivity index (χ0n) is 19.9. The predicted octanol–water partition coefficient (Wildman–Crippen LogP) is 3.16. The summed E-state index contributed by atoms with van der Waals surface area (Å²) in [6.45, 7) is 12.7. The van der Waals surface area contributed by atoms with Crippen LogP contribution in [0.4, 0.5) is 11.5 Å². The van der Waals surface area contributed by atoms with Gasteiger partial charge in [0.25, 0.3) is 0 Å². The second-order valence-corrected chi connectivity index (χ2v) is 8.80. The molecule has 2 unspecified atom stereocenters. The highest BCUT2D eigenvalue weighted by molar-refractivity contribution is 5.80. The first-order valence-corrected chi connectivity index (χ1v) is 11.8. The van der Waals surface area contributed by atoms with Crippen LogP contribution in [0.15, 0.2) is 41.5 Å². The maximum absolute atomic E-state index is 6.09. The molecule has 4 rings (SSSR count). The number of hydrogen-bond donors (Lipinski definition) is 1. The van der Waals surface area contributed by atoms with Gasteiger partial charge in [-0.05, 0) is 26.3 Å². The number of nitrogens with one attached hydrogen (secondary N) is 1. The first-order valence-electron chi connectivity index (χ1n) is 11.8. The van der Waals surface area contributed by atoms with E-state index in [1.54, 1.807) is 6.21 Å². The van der Waals surface area contributed by atoms with Crippen molar-refractivity contribution in [2.75, 3.05) is 62.9 Å². The van der Waals surface area contributed by atoms with Gasteiger partial charge in [0, 0.05) is 50.5 Å². The van der Waals surface area contributed by atoms with Crippen molar-refractivity contribution in [2.24, 2.45) is 5.10 Å². The molecule has 178 valence electrons.